The molecule has 0 radical (unpaired) electrons. The van der Waals surface area contributed by atoms with Crippen LogP contribution in [0.25, 0.3) is 5.69 Å². The van der Waals surface area contributed by atoms with Crippen molar-refractivity contribution in [2.24, 2.45) is 0 Å². The molecule has 0 unspecified atom stereocenters. The quantitative estimate of drug-likeness (QED) is 0.745. The topological polar surface area (TPSA) is 81.1 Å². The van der Waals surface area contributed by atoms with Gasteiger partial charge in [-0.05, 0) is 56.3 Å². The fourth-order valence-corrected chi connectivity index (χ4v) is 3.47. The molecule has 0 aliphatic rings. The minimum atomic E-state index is -3.38. The molecule has 140 valence electrons. The first-order valence-corrected chi connectivity index (χ1v) is 9.99. The molecule has 0 atom stereocenters. The van der Waals surface area contributed by atoms with E-state index in [-0.39, 0.29) is 10.7 Å². The number of carbonyl (C=O) groups is 1. The Bertz CT molecular complexity index is 1120. The fourth-order valence-electron chi connectivity index (χ4n) is 2.80. The van der Waals surface area contributed by atoms with Crippen molar-refractivity contribution in [3.8, 4) is 5.69 Å². The van der Waals surface area contributed by atoms with E-state index in [1.54, 1.807) is 42.8 Å². The van der Waals surface area contributed by atoms with E-state index >= 15 is 0 Å². The van der Waals surface area contributed by atoms with Gasteiger partial charge in [-0.2, -0.15) is 5.10 Å². The van der Waals surface area contributed by atoms with Gasteiger partial charge in [0.25, 0.3) is 5.91 Å². The van der Waals surface area contributed by atoms with Gasteiger partial charge in [0.2, 0.25) is 0 Å². The third kappa shape index (κ3) is 3.90. The Morgan fingerprint density at radius 1 is 1.11 bits per heavy atom. The van der Waals surface area contributed by atoms with E-state index in [9.17, 15) is 17.6 Å². The first-order valence-electron chi connectivity index (χ1n) is 8.10. The van der Waals surface area contributed by atoms with Gasteiger partial charge >= 0.3 is 0 Å². The molecule has 6 nitrogen and oxygen atoms in total. The van der Waals surface area contributed by atoms with Crippen LogP contribution in [0.3, 0.4) is 0 Å². The van der Waals surface area contributed by atoms with Crippen molar-refractivity contribution in [2.75, 3.05) is 11.6 Å². The molecule has 0 saturated carbocycles. The first kappa shape index (κ1) is 18.8. The number of nitrogens with zero attached hydrogens (tertiary/aromatic N) is 2. The summed E-state index contributed by atoms with van der Waals surface area (Å²) in [6, 6.07) is 11.8. The van der Waals surface area contributed by atoms with Crippen molar-refractivity contribution in [3.05, 3.63) is 71.3 Å². The molecule has 8 heteroatoms. The number of sulfone groups is 1. The average Bonchev–Trinajstić information content (AvgIpc) is 2.89. The molecule has 0 bridgehead atoms. The van der Waals surface area contributed by atoms with Crippen molar-refractivity contribution in [1.82, 2.24) is 9.78 Å². The van der Waals surface area contributed by atoms with Crippen molar-refractivity contribution >= 4 is 21.4 Å². The van der Waals surface area contributed by atoms with Crippen LogP contribution in [0.15, 0.2) is 53.4 Å². The van der Waals surface area contributed by atoms with Crippen LogP contribution in [0.4, 0.5) is 10.1 Å². The van der Waals surface area contributed by atoms with Crippen molar-refractivity contribution in [1.29, 1.82) is 0 Å². The predicted octanol–water partition coefficient (Wildman–Crippen LogP) is 3.28. The molecule has 3 aromatic rings. The Hall–Kier alpha value is -3.00. The molecule has 0 spiro atoms. The maximum atomic E-state index is 13.1. The lowest BCUT2D eigenvalue weighted by molar-refractivity contribution is 0.102. The second kappa shape index (κ2) is 6.96. The average molecular weight is 387 g/mol. The summed E-state index contributed by atoms with van der Waals surface area (Å²) < 4.78 is 38.1. The van der Waals surface area contributed by atoms with Gasteiger partial charge in [0.1, 0.15) is 5.82 Å². The number of benzene rings is 2. The van der Waals surface area contributed by atoms with Gasteiger partial charge in [0, 0.05) is 11.9 Å². The number of anilines is 1. The van der Waals surface area contributed by atoms with Crippen LogP contribution in [0.1, 0.15) is 21.7 Å². The SMILES string of the molecule is Cc1nn(-c2ccc(F)cc2)c(C)c1C(=O)Nc1cccc(S(C)(=O)=O)c1. The van der Waals surface area contributed by atoms with Gasteiger partial charge in [-0.3, -0.25) is 4.79 Å². The number of aryl methyl sites for hydroxylation is 1. The summed E-state index contributed by atoms with van der Waals surface area (Å²) in [6.45, 7) is 3.44. The summed E-state index contributed by atoms with van der Waals surface area (Å²) in [6.07, 6.45) is 1.11. The molecule has 1 N–H and O–H groups in total. The molecule has 1 aromatic heterocycles. The zero-order chi connectivity index (χ0) is 19.8. The number of amides is 1. The first-order chi connectivity index (χ1) is 12.7. The van der Waals surface area contributed by atoms with E-state index in [1.807, 2.05) is 0 Å². The number of aromatic nitrogens is 2. The normalized spacial score (nSPS) is 11.4. The van der Waals surface area contributed by atoms with Crippen LogP contribution in [-0.4, -0.2) is 30.4 Å². The summed E-state index contributed by atoms with van der Waals surface area (Å²) in [5.74, 6) is -0.756. The van der Waals surface area contributed by atoms with Gasteiger partial charge in [0.05, 0.1) is 27.5 Å². The molecule has 1 heterocycles. The fraction of sp³-hybridized carbons (Fsp3) is 0.158. The van der Waals surface area contributed by atoms with Crippen LogP contribution in [-0.2, 0) is 9.84 Å². The summed E-state index contributed by atoms with van der Waals surface area (Å²) in [5, 5.41) is 7.08. The summed E-state index contributed by atoms with van der Waals surface area (Å²) in [4.78, 5) is 12.9. The van der Waals surface area contributed by atoms with Crippen molar-refractivity contribution in [2.45, 2.75) is 18.7 Å². The van der Waals surface area contributed by atoms with Crippen LogP contribution >= 0.6 is 0 Å². The van der Waals surface area contributed by atoms with E-state index in [4.69, 9.17) is 0 Å². The van der Waals surface area contributed by atoms with Gasteiger partial charge in [-0.1, -0.05) is 6.07 Å². The standard InChI is InChI=1S/C19H18FN3O3S/c1-12-18(13(2)23(22-12)16-9-7-14(20)8-10-16)19(24)21-15-5-4-6-17(11-15)27(3,25)26/h4-11H,1-3H3,(H,21,24). The van der Waals surface area contributed by atoms with Crippen LogP contribution in [0, 0.1) is 19.7 Å². The molecule has 2 aromatic carbocycles. The molecule has 3 rings (SSSR count). The third-order valence-electron chi connectivity index (χ3n) is 4.11. The van der Waals surface area contributed by atoms with Gasteiger partial charge in [0.15, 0.2) is 9.84 Å². The molecular formula is C19H18FN3O3S. The summed E-state index contributed by atoms with van der Waals surface area (Å²) in [5.41, 5.74) is 2.49. The lowest BCUT2D eigenvalue weighted by Gasteiger charge is -2.08. The molecule has 0 aliphatic carbocycles. The molecule has 0 fully saturated rings. The lowest BCUT2D eigenvalue weighted by Crippen LogP contribution is -2.14. The van der Waals surface area contributed by atoms with Gasteiger partial charge in [-0.15, -0.1) is 0 Å². The zero-order valence-electron chi connectivity index (χ0n) is 15.0. The largest absolute Gasteiger partial charge is 0.322 e. The van der Waals surface area contributed by atoms with E-state index < -0.39 is 15.7 Å². The highest BCUT2D eigenvalue weighted by molar-refractivity contribution is 7.90. The lowest BCUT2D eigenvalue weighted by atomic mass is 10.1. The predicted molar refractivity (Wildman–Crippen MR) is 101 cm³/mol. The van der Waals surface area contributed by atoms with E-state index in [0.29, 0.717) is 28.3 Å². The Morgan fingerprint density at radius 3 is 2.41 bits per heavy atom. The second-order valence-electron chi connectivity index (χ2n) is 6.19. The Morgan fingerprint density at radius 2 is 1.78 bits per heavy atom. The van der Waals surface area contributed by atoms with Crippen LogP contribution in [0.5, 0.6) is 0 Å². The number of hydrogen-bond acceptors (Lipinski definition) is 4. The van der Waals surface area contributed by atoms with E-state index in [2.05, 4.69) is 10.4 Å². The monoisotopic (exact) mass is 387 g/mol. The minimum Gasteiger partial charge on any atom is -0.322 e. The smallest absolute Gasteiger partial charge is 0.259 e. The van der Waals surface area contributed by atoms with Gasteiger partial charge in [-0.25, -0.2) is 17.5 Å². The molecule has 0 aliphatic heterocycles. The maximum Gasteiger partial charge on any atom is 0.259 e. The zero-order valence-corrected chi connectivity index (χ0v) is 15.8. The summed E-state index contributed by atoms with van der Waals surface area (Å²) in [7, 11) is -3.38. The van der Waals surface area contributed by atoms with Crippen LogP contribution < -0.4 is 5.32 Å². The second-order valence-corrected chi connectivity index (χ2v) is 8.20. The van der Waals surface area contributed by atoms with Crippen molar-refractivity contribution < 1.29 is 17.6 Å². The number of carbonyl (C=O) groups excluding carboxylic acids is 1. The third-order valence-corrected chi connectivity index (χ3v) is 5.22. The van der Waals surface area contributed by atoms with E-state index in [1.165, 1.54) is 24.3 Å². The Balaban J connectivity index is 1.93. The Kier molecular flexibility index (Phi) is 4.84. The number of hydrogen-bond donors (Lipinski definition) is 1. The molecule has 0 saturated heterocycles. The highest BCUT2D eigenvalue weighted by Crippen LogP contribution is 2.21. The molecule has 1 amide bonds. The molecular weight excluding hydrogens is 369 g/mol. The van der Waals surface area contributed by atoms with Gasteiger partial charge < -0.3 is 5.32 Å². The van der Waals surface area contributed by atoms with Crippen molar-refractivity contribution in [3.63, 3.8) is 0 Å². The summed E-state index contributed by atoms with van der Waals surface area (Å²) >= 11 is 0. The minimum absolute atomic E-state index is 0.121. The Labute approximate surface area is 156 Å². The number of halogens is 1. The van der Waals surface area contributed by atoms with Crippen LogP contribution in [0.2, 0.25) is 0 Å². The molecule has 27 heavy (non-hydrogen) atoms. The highest BCUT2D eigenvalue weighted by Gasteiger charge is 2.20. The number of rotatable bonds is 4. The van der Waals surface area contributed by atoms with E-state index in [0.717, 1.165) is 6.26 Å². The maximum absolute atomic E-state index is 13.1. The highest BCUT2D eigenvalue weighted by atomic mass is 32.2. The number of nitrogens with one attached hydrogen (secondary N) is 1.